The summed E-state index contributed by atoms with van der Waals surface area (Å²) in [4.78, 5) is 2.56. The van der Waals surface area contributed by atoms with Gasteiger partial charge in [-0.2, -0.15) is 0 Å². The zero-order valence-corrected chi connectivity index (χ0v) is 31.5. The van der Waals surface area contributed by atoms with Gasteiger partial charge in [0.05, 0.1) is 11.4 Å². The molecule has 0 saturated carbocycles. The van der Waals surface area contributed by atoms with Crippen molar-refractivity contribution in [3.63, 3.8) is 0 Å². The van der Waals surface area contributed by atoms with Crippen LogP contribution in [0, 0.1) is 0 Å². The van der Waals surface area contributed by atoms with Gasteiger partial charge in [0.25, 0.3) is 0 Å². The average Bonchev–Trinajstić information content (AvgIpc) is 3.48. The van der Waals surface area contributed by atoms with Gasteiger partial charge < -0.3 is 4.90 Å². The Labute approximate surface area is 327 Å². The number of nitrogens with zero attached hydrogens (tertiary/aromatic N) is 1. The first-order valence-corrected chi connectivity index (χ1v) is 19.6. The van der Waals surface area contributed by atoms with E-state index in [1.54, 1.807) is 0 Å². The summed E-state index contributed by atoms with van der Waals surface area (Å²) in [5.74, 6) is 0. The van der Waals surface area contributed by atoms with Crippen LogP contribution in [0.3, 0.4) is 0 Å². The van der Waals surface area contributed by atoms with E-state index in [4.69, 9.17) is 0 Å². The summed E-state index contributed by atoms with van der Waals surface area (Å²) in [6.45, 7) is 4.75. The van der Waals surface area contributed by atoms with Crippen molar-refractivity contribution in [2.45, 2.75) is 19.3 Å². The van der Waals surface area contributed by atoms with Crippen LogP contribution in [-0.2, 0) is 5.41 Å². The van der Waals surface area contributed by atoms with Crippen LogP contribution in [-0.4, -0.2) is 0 Å². The van der Waals surface area contributed by atoms with E-state index in [1.807, 2.05) is 0 Å². The fourth-order valence-corrected chi connectivity index (χ4v) is 9.60. The molecule has 56 heavy (non-hydrogen) atoms. The molecule has 0 amide bonds. The van der Waals surface area contributed by atoms with Crippen LogP contribution in [0.25, 0.3) is 76.5 Å². The van der Waals surface area contributed by atoms with E-state index < -0.39 is 0 Å². The van der Waals surface area contributed by atoms with Gasteiger partial charge in [-0.15, -0.1) is 0 Å². The third-order valence-corrected chi connectivity index (χ3v) is 12.2. The third-order valence-electron chi connectivity index (χ3n) is 12.2. The van der Waals surface area contributed by atoms with Crippen LogP contribution in [0.1, 0.15) is 25.0 Å². The highest BCUT2D eigenvalue weighted by Crippen LogP contribution is 2.54. The third kappa shape index (κ3) is 4.87. The largest absolute Gasteiger partial charge is 0.309 e. The zero-order chi connectivity index (χ0) is 37.4. The lowest BCUT2D eigenvalue weighted by Crippen LogP contribution is -2.17. The predicted octanol–water partition coefficient (Wildman–Crippen LogP) is 15.4. The molecular formula is C55H39N. The second-order valence-corrected chi connectivity index (χ2v) is 15.7. The Balaban J connectivity index is 1.29. The maximum absolute atomic E-state index is 2.56. The highest BCUT2D eigenvalue weighted by molar-refractivity contribution is 6.16. The molecule has 1 heteroatoms. The Bertz CT molecular complexity index is 3170. The van der Waals surface area contributed by atoms with Gasteiger partial charge >= 0.3 is 0 Å². The maximum Gasteiger partial charge on any atom is 0.0546 e. The molecule has 1 aliphatic rings. The van der Waals surface area contributed by atoms with Crippen LogP contribution < -0.4 is 4.90 Å². The first-order chi connectivity index (χ1) is 27.6. The highest BCUT2D eigenvalue weighted by atomic mass is 15.1. The minimum atomic E-state index is -0.150. The summed E-state index contributed by atoms with van der Waals surface area (Å²) < 4.78 is 0. The number of fused-ring (bicyclic) bond motifs is 8. The second kappa shape index (κ2) is 12.5. The number of hydrogen-bond acceptors (Lipinski definition) is 1. The molecule has 0 aliphatic heterocycles. The van der Waals surface area contributed by atoms with Crippen LogP contribution in [0.15, 0.2) is 200 Å². The molecule has 10 aromatic rings. The van der Waals surface area contributed by atoms with Crippen LogP contribution in [0.2, 0.25) is 0 Å². The summed E-state index contributed by atoms with van der Waals surface area (Å²) >= 11 is 0. The smallest absolute Gasteiger partial charge is 0.0546 e. The molecule has 0 N–H and O–H groups in total. The summed E-state index contributed by atoms with van der Waals surface area (Å²) in [5, 5.41) is 9.88. The van der Waals surface area contributed by atoms with Crippen molar-refractivity contribution in [3.05, 3.63) is 211 Å². The first kappa shape index (κ1) is 32.5. The van der Waals surface area contributed by atoms with Gasteiger partial charge in [0.15, 0.2) is 0 Å². The Morgan fingerprint density at radius 3 is 1.61 bits per heavy atom. The summed E-state index contributed by atoms with van der Waals surface area (Å²) in [5.41, 5.74) is 13.5. The molecule has 0 atom stereocenters. The van der Waals surface area contributed by atoms with Gasteiger partial charge in [0.2, 0.25) is 0 Å². The number of rotatable bonds is 5. The Morgan fingerprint density at radius 1 is 0.321 bits per heavy atom. The molecule has 0 bridgehead atoms. The molecule has 0 saturated heterocycles. The molecule has 0 aromatic heterocycles. The lowest BCUT2D eigenvalue weighted by atomic mass is 9.82. The van der Waals surface area contributed by atoms with Crippen molar-refractivity contribution in [2.24, 2.45) is 0 Å². The number of hydrogen-bond donors (Lipinski definition) is 0. The lowest BCUT2D eigenvalue weighted by Gasteiger charge is -2.32. The van der Waals surface area contributed by atoms with E-state index in [0.717, 1.165) is 17.1 Å². The fraction of sp³-hybridized carbons (Fsp3) is 0.0545. The SMILES string of the molecule is CC1(C)c2ccccc2-c2ccc(N(c3cccc(-c4cccc5ccccc45)c3-c3cccc4ccccc34)c3cc4ccccc4c4ccccc34)cc21. The van der Waals surface area contributed by atoms with Crippen molar-refractivity contribution in [1.82, 2.24) is 0 Å². The maximum atomic E-state index is 2.56. The van der Waals surface area contributed by atoms with Gasteiger partial charge in [-0.3, -0.25) is 0 Å². The Hall–Kier alpha value is -6.96. The summed E-state index contributed by atoms with van der Waals surface area (Å²) in [6.07, 6.45) is 0. The number of anilines is 3. The molecule has 11 rings (SSSR count). The Kier molecular flexibility index (Phi) is 7.28. The minimum Gasteiger partial charge on any atom is -0.309 e. The van der Waals surface area contributed by atoms with Gasteiger partial charge in [-0.05, 0) is 101 Å². The van der Waals surface area contributed by atoms with E-state index in [0.29, 0.717) is 0 Å². The van der Waals surface area contributed by atoms with Crippen molar-refractivity contribution >= 4 is 60.2 Å². The average molecular weight is 714 g/mol. The summed E-state index contributed by atoms with van der Waals surface area (Å²) in [7, 11) is 0. The van der Waals surface area contributed by atoms with Gasteiger partial charge in [-0.25, -0.2) is 0 Å². The minimum absolute atomic E-state index is 0.150. The van der Waals surface area contributed by atoms with Crippen molar-refractivity contribution < 1.29 is 0 Å². The molecule has 0 unspecified atom stereocenters. The molecule has 1 nitrogen and oxygen atoms in total. The molecule has 1 aliphatic carbocycles. The first-order valence-electron chi connectivity index (χ1n) is 19.6. The number of benzene rings is 10. The van der Waals surface area contributed by atoms with Crippen molar-refractivity contribution in [1.29, 1.82) is 0 Å². The molecule has 10 aromatic carbocycles. The van der Waals surface area contributed by atoms with Crippen LogP contribution in [0.4, 0.5) is 17.1 Å². The monoisotopic (exact) mass is 713 g/mol. The van der Waals surface area contributed by atoms with Crippen LogP contribution >= 0.6 is 0 Å². The fourth-order valence-electron chi connectivity index (χ4n) is 9.60. The summed E-state index contributed by atoms with van der Waals surface area (Å²) in [6, 6.07) is 74.2. The van der Waals surface area contributed by atoms with E-state index in [9.17, 15) is 0 Å². The van der Waals surface area contributed by atoms with E-state index in [-0.39, 0.29) is 5.41 Å². The van der Waals surface area contributed by atoms with Gasteiger partial charge in [-0.1, -0.05) is 190 Å². The molecule has 0 radical (unpaired) electrons. The van der Waals surface area contributed by atoms with E-state index >= 15 is 0 Å². The highest BCUT2D eigenvalue weighted by Gasteiger charge is 2.36. The second-order valence-electron chi connectivity index (χ2n) is 15.7. The molecular weight excluding hydrogens is 675 g/mol. The normalized spacial score (nSPS) is 13.0. The van der Waals surface area contributed by atoms with Gasteiger partial charge in [0, 0.05) is 22.1 Å². The molecule has 0 spiro atoms. The van der Waals surface area contributed by atoms with E-state index in [2.05, 4.69) is 219 Å². The van der Waals surface area contributed by atoms with Crippen LogP contribution in [0.5, 0.6) is 0 Å². The standard InChI is InChI=1S/C55H39N/c1-55(2)50-30-12-11-25-45(50)46-33-32-39(35-51(46)55)56(53-34-38-18-5-8-23-42(38)43-24-9-10-26-47(43)53)52-31-15-29-49(44-27-13-19-36-16-3-6-21-40(36)44)54(52)48-28-14-20-37-17-4-7-22-41(37)48/h3-35H,1-2H3. The van der Waals surface area contributed by atoms with Crippen molar-refractivity contribution in [3.8, 4) is 33.4 Å². The quantitative estimate of drug-likeness (QED) is 0.161. The molecule has 0 fully saturated rings. The van der Waals surface area contributed by atoms with E-state index in [1.165, 1.54) is 87.6 Å². The molecule has 264 valence electrons. The lowest BCUT2D eigenvalue weighted by molar-refractivity contribution is 0.660. The Morgan fingerprint density at radius 2 is 0.839 bits per heavy atom. The van der Waals surface area contributed by atoms with Crippen molar-refractivity contribution in [2.75, 3.05) is 4.90 Å². The molecule has 0 heterocycles. The zero-order valence-electron chi connectivity index (χ0n) is 31.5. The topological polar surface area (TPSA) is 3.24 Å². The predicted molar refractivity (Wildman–Crippen MR) is 240 cm³/mol. The van der Waals surface area contributed by atoms with Gasteiger partial charge in [0.1, 0.15) is 0 Å².